The van der Waals surface area contributed by atoms with Crippen molar-refractivity contribution in [2.45, 2.75) is 32.2 Å². The van der Waals surface area contributed by atoms with Crippen molar-refractivity contribution in [2.75, 3.05) is 16.9 Å². The van der Waals surface area contributed by atoms with Gasteiger partial charge < -0.3 is 4.90 Å². The van der Waals surface area contributed by atoms with E-state index in [9.17, 15) is 0 Å². The number of nitrogens with one attached hydrogen (secondary N) is 1. The summed E-state index contributed by atoms with van der Waals surface area (Å²) in [5.41, 5.74) is 6.46. The van der Waals surface area contributed by atoms with Crippen molar-refractivity contribution in [3.63, 3.8) is 0 Å². The molecule has 0 bridgehead atoms. The van der Waals surface area contributed by atoms with Crippen molar-refractivity contribution >= 4 is 17.6 Å². The molecular weight excluding hydrogens is 270 g/mol. The van der Waals surface area contributed by atoms with Gasteiger partial charge in [-0.2, -0.15) is 5.10 Å². The Morgan fingerprint density at radius 1 is 1.05 bits per heavy atom. The van der Waals surface area contributed by atoms with E-state index in [0.717, 1.165) is 11.3 Å². The zero-order chi connectivity index (χ0) is 15.2. The van der Waals surface area contributed by atoms with Crippen LogP contribution in [0.4, 0.5) is 11.4 Å². The van der Waals surface area contributed by atoms with Crippen LogP contribution in [-0.4, -0.2) is 18.8 Å². The Kier molecular flexibility index (Phi) is 4.74. The Balaban J connectivity index is 1.61. The summed E-state index contributed by atoms with van der Waals surface area (Å²) >= 11 is 0. The Hall–Kier alpha value is -2.29. The lowest BCUT2D eigenvalue weighted by molar-refractivity contribution is 0.485. The van der Waals surface area contributed by atoms with Crippen molar-refractivity contribution in [1.29, 1.82) is 0 Å². The molecule has 2 aromatic rings. The number of para-hydroxylation sites is 1. The molecule has 1 atom stereocenters. The largest absolute Gasteiger partial charge is 0.369 e. The molecule has 22 heavy (non-hydrogen) atoms. The molecule has 1 heterocycles. The maximum absolute atomic E-state index is 4.28. The van der Waals surface area contributed by atoms with Crippen LogP contribution in [0.5, 0.6) is 0 Å². The molecule has 2 aromatic carbocycles. The third-order valence-corrected chi connectivity index (χ3v) is 4.21. The zero-order valence-corrected chi connectivity index (χ0v) is 13.1. The normalized spacial score (nSPS) is 18.6. The molecule has 0 radical (unpaired) electrons. The molecule has 3 nitrogen and oxygen atoms in total. The predicted molar refractivity (Wildman–Crippen MR) is 94.8 cm³/mol. The van der Waals surface area contributed by atoms with Crippen LogP contribution in [0.15, 0.2) is 59.7 Å². The molecule has 0 aliphatic carbocycles. The van der Waals surface area contributed by atoms with E-state index in [-0.39, 0.29) is 0 Å². The highest BCUT2D eigenvalue weighted by atomic mass is 15.3. The molecule has 0 aromatic heterocycles. The van der Waals surface area contributed by atoms with E-state index in [4.69, 9.17) is 0 Å². The van der Waals surface area contributed by atoms with Crippen molar-refractivity contribution in [3.05, 3.63) is 60.2 Å². The number of rotatable bonds is 4. The van der Waals surface area contributed by atoms with E-state index < -0.39 is 0 Å². The lowest BCUT2D eigenvalue weighted by Crippen LogP contribution is -2.37. The summed E-state index contributed by atoms with van der Waals surface area (Å²) in [5, 5.41) is 4.28. The van der Waals surface area contributed by atoms with E-state index in [2.05, 4.69) is 46.6 Å². The molecule has 1 N–H and O–H groups in total. The van der Waals surface area contributed by atoms with E-state index in [0.29, 0.717) is 6.04 Å². The fourth-order valence-corrected chi connectivity index (χ4v) is 2.93. The van der Waals surface area contributed by atoms with Gasteiger partial charge >= 0.3 is 0 Å². The molecule has 0 amide bonds. The van der Waals surface area contributed by atoms with E-state index >= 15 is 0 Å². The van der Waals surface area contributed by atoms with Crippen LogP contribution in [0.2, 0.25) is 0 Å². The maximum atomic E-state index is 4.28. The first-order valence-electron chi connectivity index (χ1n) is 8.04. The highest BCUT2D eigenvalue weighted by molar-refractivity contribution is 5.81. The van der Waals surface area contributed by atoms with E-state index in [1.165, 1.54) is 31.5 Å². The van der Waals surface area contributed by atoms with Gasteiger partial charge in [0.15, 0.2) is 0 Å². The second kappa shape index (κ2) is 7.12. The number of hydrogen-bond donors (Lipinski definition) is 1. The third-order valence-electron chi connectivity index (χ3n) is 4.21. The van der Waals surface area contributed by atoms with Gasteiger partial charge in [0.2, 0.25) is 0 Å². The highest BCUT2D eigenvalue weighted by Gasteiger charge is 2.17. The van der Waals surface area contributed by atoms with Crippen LogP contribution in [0.1, 0.15) is 31.7 Å². The minimum absolute atomic E-state index is 0.646. The van der Waals surface area contributed by atoms with Crippen molar-refractivity contribution in [2.24, 2.45) is 5.10 Å². The second-order valence-corrected chi connectivity index (χ2v) is 5.87. The van der Waals surface area contributed by atoms with Crippen LogP contribution in [0.25, 0.3) is 0 Å². The molecule has 0 saturated carbocycles. The molecule has 1 aliphatic heterocycles. The first-order valence-corrected chi connectivity index (χ1v) is 8.04. The van der Waals surface area contributed by atoms with Crippen LogP contribution < -0.4 is 10.3 Å². The fraction of sp³-hybridized carbons (Fsp3) is 0.316. The number of piperidine rings is 1. The summed E-state index contributed by atoms with van der Waals surface area (Å²) < 4.78 is 0. The monoisotopic (exact) mass is 293 g/mol. The Morgan fingerprint density at radius 3 is 2.55 bits per heavy atom. The average Bonchev–Trinajstić information content (AvgIpc) is 2.57. The Morgan fingerprint density at radius 2 is 1.82 bits per heavy atom. The number of benzene rings is 2. The zero-order valence-electron chi connectivity index (χ0n) is 13.1. The van der Waals surface area contributed by atoms with Crippen LogP contribution in [-0.2, 0) is 0 Å². The lowest BCUT2D eigenvalue weighted by atomic mass is 10.0. The molecule has 1 fully saturated rings. The summed E-state index contributed by atoms with van der Waals surface area (Å²) in [6.45, 7) is 3.49. The predicted octanol–water partition coefficient (Wildman–Crippen LogP) is 4.51. The van der Waals surface area contributed by atoms with Crippen LogP contribution in [0, 0.1) is 0 Å². The lowest BCUT2D eigenvalue weighted by Gasteiger charge is -2.35. The summed E-state index contributed by atoms with van der Waals surface area (Å²) in [7, 11) is 0. The molecular formula is C19H23N3. The van der Waals surface area contributed by atoms with Gasteiger partial charge in [-0.25, -0.2) is 0 Å². The topological polar surface area (TPSA) is 27.6 Å². The Bertz CT molecular complexity index is 604. The quantitative estimate of drug-likeness (QED) is 0.663. The van der Waals surface area contributed by atoms with Gasteiger partial charge in [0.05, 0.1) is 11.9 Å². The minimum Gasteiger partial charge on any atom is -0.369 e. The van der Waals surface area contributed by atoms with Crippen LogP contribution >= 0.6 is 0 Å². The summed E-state index contributed by atoms with van der Waals surface area (Å²) in [6.07, 6.45) is 5.81. The van der Waals surface area contributed by atoms with Gasteiger partial charge in [0.1, 0.15) is 0 Å². The van der Waals surface area contributed by atoms with Gasteiger partial charge in [0, 0.05) is 18.3 Å². The highest BCUT2D eigenvalue weighted by Crippen LogP contribution is 2.24. The first kappa shape index (κ1) is 14.6. The van der Waals surface area contributed by atoms with Crippen molar-refractivity contribution in [1.82, 2.24) is 0 Å². The SMILES string of the molecule is CC1CCCCN1c1ccc(/C=N/Nc2ccccc2)cc1. The molecule has 114 valence electrons. The third kappa shape index (κ3) is 3.67. The standard InChI is InChI=1S/C19H23N3/c1-16-7-5-6-14-22(16)19-12-10-17(11-13-19)15-20-21-18-8-3-2-4-9-18/h2-4,8-13,15-16,21H,5-7,14H2,1H3/b20-15+. The van der Waals surface area contributed by atoms with E-state index in [1.54, 1.807) is 0 Å². The van der Waals surface area contributed by atoms with Crippen molar-refractivity contribution in [3.8, 4) is 0 Å². The van der Waals surface area contributed by atoms with Gasteiger partial charge in [-0.05, 0) is 56.0 Å². The number of nitrogens with zero attached hydrogens (tertiary/aromatic N) is 2. The molecule has 1 aliphatic rings. The molecule has 3 heteroatoms. The molecule has 0 spiro atoms. The summed E-state index contributed by atoms with van der Waals surface area (Å²) in [5.74, 6) is 0. The van der Waals surface area contributed by atoms with Gasteiger partial charge in [-0.1, -0.05) is 30.3 Å². The number of hydrogen-bond acceptors (Lipinski definition) is 3. The Labute approximate surface area is 132 Å². The smallest absolute Gasteiger partial charge is 0.0561 e. The minimum atomic E-state index is 0.646. The summed E-state index contributed by atoms with van der Waals surface area (Å²) in [6, 6.07) is 19.3. The molecule has 3 rings (SSSR count). The molecule has 1 unspecified atom stereocenters. The number of anilines is 2. The van der Waals surface area contributed by atoms with Gasteiger partial charge in [0.25, 0.3) is 0 Å². The first-order chi connectivity index (χ1) is 10.8. The van der Waals surface area contributed by atoms with Crippen LogP contribution in [0.3, 0.4) is 0 Å². The van der Waals surface area contributed by atoms with Crippen molar-refractivity contribution < 1.29 is 0 Å². The average molecular weight is 293 g/mol. The molecule has 1 saturated heterocycles. The van der Waals surface area contributed by atoms with Gasteiger partial charge in [-0.15, -0.1) is 0 Å². The maximum Gasteiger partial charge on any atom is 0.0561 e. The fourth-order valence-electron chi connectivity index (χ4n) is 2.93. The number of hydrazone groups is 1. The second-order valence-electron chi connectivity index (χ2n) is 5.87. The van der Waals surface area contributed by atoms with Gasteiger partial charge in [-0.3, -0.25) is 5.43 Å². The van der Waals surface area contributed by atoms with E-state index in [1.807, 2.05) is 36.5 Å². The summed E-state index contributed by atoms with van der Waals surface area (Å²) in [4.78, 5) is 2.51.